The molecular weight excluding hydrogens is 426 g/mol. The van der Waals surface area contributed by atoms with Crippen LogP contribution in [0.3, 0.4) is 0 Å². The first-order chi connectivity index (χ1) is 14.5. The van der Waals surface area contributed by atoms with Crippen molar-refractivity contribution in [3.05, 3.63) is 58.7 Å². The number of benzene rings is 1. The molecule has 0 saturated heterocycles. The third-order valence-electron chi connectivity index (χ3n) is 4.07. The molecule has 3 rings (SSSR count). The number of esters is 1. The van der Waals surface area contributed by atoms with Crippen molar-refractivity contribution >= 4 is 39.9 Å². The van der Waals surface area contributed by atoms with Crippen LogP contribution in [-0.2, 0) is 9.53 Å². The van der Waals surface area contributed by atoms with E-state index in [1.165, 1.54) is 29.7 Å². The van der Waals surface area contributed by atoms with Crippen LogP contribution in [0.4, 0.5) is 5.13 Å². The van der Waals surface area contributed by atoms with Crippen molar-refractivity contribution in [2.75, 3.05) is 11.9 Å². The highest BCUT2D eigenvalue weighted by Crippen LogP contribution is 2.27. The lowest BCUT2D eigenvalue weighted by Crippen LogP contribution is -2.32. The van der Waals surface area contributed by atoms with Gasteiger partial charge in [0, 0.05) is 17.1 Å². The SMILES string of the molecule is CCOc1ccc(-c2csc(NC(=O)C(CC)OC(=O)c3ccnc(Cl)c3)n2)cc1. The number of nitrogens with zero attached hydrogens (tertiary/aromatic N) is 2. The summed E-state index contributed by atoms with van der Waals surface area (Å²) < 4.78 is 10.8. The van der Waals surface area contributed by atoms with E-state index in [4.69, 9.17) is 21.1 Å². The van der Waals surface area contributed by atoms with Gasteiger partial charge in [-0.25, -0.2) is 14.8 Å². The van der Waals surface area contributed by atoms with Crippen LogP contribution in [0.25, 0.3) is 11.3 Å². The largest absolute Gasteiger partial charge is 0.494 e. The summed E-state index contributed by atoms with van der Waals surface area (Å²) in [4.78, 5) is 33.1. The number of halogens is 1. The molecule has 0 aliphatic carbocycles. The highest BCUT2D eigenvalue weighted by atomic mass is 35.5. The fourth-order valence-electron chi connectivity index (χ4n) is 2.59. The standard InChI is InChI=1S/C21H20ClN3O4S/c1-3-17(29-20(27)14-9-10-23-18(22)11-14)19(26)25-21-24-16(12-30-21)13-5-7-15(8-6-13)28-4-2/h5-12,17H,3-4H2,1-2H3,(H,24,25,26). The summed E-state index contributed by atoms with van der Waals surface area (Å²) >= 11 is 7.09. The van der Waals surface area contributed by atoms with Crippen LogP contribution < -0.4 is 10.1 Å². The molecule has 0 aliphatic heterocycles. The summed E-state index contributed by atoms with van der Waals surface area (Å²) in [5.41, 5.74) is 1.87. The Morgan fingerprint density at radius 3 is 2.63 bits per heavy atom. The molecule has 3 aromatic rings. The lowest BCUT2D eigenvalue weighted by atomic mass is 10.2. The Morgan fingerprint density at radius 2 is 1.97 bits per heavy atom. The lowest BCUT2D eigenvalue weighted by molar-refractivity contribution is -0.124. The van der Waals surface area contributed by atoms with Gasteiger partial charge in [0.1, 0.15) is 10.9 Å². The number of hydrogen-bond acceptors (Lipinski definition) is 7. The third kappa shape index (κ3) is 5.55. The topological polar surface area (TPSA) is 90.4 Å². The van der Waals surface area contributed by atoms with Crippen LogP contribution in [0.5, 0.6) is 5.75 Å². The number of ether oxygens (including phenoxy) is 2. The van der Waals surface area contributed by atoms with Crippen LogP contribution in [0.2, 0.25) is 5.15 Å². The van der Waals surface area contributed by atoms with E-state index in [0.29, 0.717) is 18.2 Å². The Labute approximate surface area is 183 Å². The molecule has 1 aromatic carbocycles. The smallest absolute Gasteiger partial charge is 0.339 e. The second-order valence-electron chi connectivity index (χ2n) is 6.15. The van der Waals surface area contributed by atoms with Crippen molar-refractivity contribution in [2.45, 2.75) is 26.4 Å². The molecule has 0 radical (unpaired) electrons. The molecule has 0 bridgehead atoms. The number of nitrogens with one attached hydrogen (secondary N) is 1. The first-order valence-corrected chi connectivity index (χ1v) is 10.6. The summed E-state index contributed by atoms with van der Waals surface area (Å²) in [6.07, 6.45) is 0.758. The quantitative estimate of drug-likeness (QED) is 0.394. The minimum Gasteiger partial charge on any atom is -0.494 e. The van der Waals surface area contributed by atoms with E-state index in [1.807, 2.05) is 36.6 Å². The Balaban J connectivity index is 1.63. The van der Waals surface area contributed by atoms with Gasteiger partial charge in [-0.1, -0.05) is 18.5 Å². The molecule has 2 aromatic heterocycles. The predicted molar refractivity (Wildman–Crippen MR) is 116 cm³/mol. The highest BCUT2D eigenvalue weighted by molar-refractivity contribution is 7.14. The Kier molecular flexibility index (Phi) is 7.37. The number of carbonyl (C=O) groups is 2. The molecule has 2 heterocycles. The molecule has 1 N–H and O–H groups in total. The lowest BCUT2D eigenvalue weighted by Gasteiger charge is -2.15. The summed E-state index contributed by atoms with van der Waals surface area (Å²) in [6.45, 7) is 4.28. The maximum absolute atomic E-state index is 12.6. The Bertz CT molecular complexity index is 1020. The molecular formula is C21H20ClN3O4S. The zero-order valence-corrected chi connectivity index (χ0v) is 18.0. The minimum absolute atomic E-state index is 0.173. The number of amides is 1. The first kappa shape index (κ1) is 21.7. The van der Waals surface area contributed by atoms with Crippen LogP contribution in [0.15, 0.2) is 48.0 Å². The molecule has 1 amide bonds. The average molecular weight is 446 g/mol. The van der Waals surface area contributed by atoms with E-state index >= 15 is 0 Å². The van der Waals surface area contributed by atoms with Crippen molar-refractivity contribution in [3.8, 4) is 17.0 Å². The van der Waals surface area contributed by atoms with Crippen molar-refractivity contribution in [2.24, 2.45) is 0 Å². The maximum atomic E-state index is 12.6. The number of anilines is 1. The molecule has 9 heteroatoms. The monoisotopic (exact) mass is 445 g/mol. The van der Waals surface area contributed by atoms with Gasteiger partial charge in [0.05, 0.1) is 17.9 Å². The van der Waals surface area contributed by atoms with Crippen LogP contribution in [0.1, 0.15) is 30.6 Å². The first-order valence-electron chi connectivity index (χ1n) is 9.32. The van der Waals surface area contributed by atoms with Gasteiger partial charge in [-0.2, -0.15) is 0 Å². The van der Waals surface area contributed by atoms with Gasteiger partial charge in [-0.3, -0.25) is 10.1 Å². The van der Waals surface area contributed by atoms with E-state index in [0.717, 1.165) is 17.0 Å². The summed E-state index contributed by atoms with van der Waals surface area (Å²) in [5, 5.41) is 5.15. The number of pyridine rings is 1. The van der Waals surface area contributed by atoms with Gasteiger partial charge in [0.2, 0.25) is 0 Å². The molecule has 1 atom stereocenters. The molecule has 0 saturated carbocycles. The molecule has 1 unspecified atom stereocenters. The molecule has 0 aliphatic rings. The number of carbonyl (C=O) groups excluding carboxylic acids is 2. The number of rotatable bonds is 8. The highest BCUT2D eigenvalue weighted by Gasteiger charge is 2.23. The van der Waals surface area contributed by atoms with Gasteiger partial charge in [-0.05, 0) is 49.7 Å². The normalized spacial score (nSPS) is 11.6. The van der Waals surface area contributed by atoms with E-state index in [2.05, 4.69) is 15.3 Å². The minimum atomic E-state index is -0.956. The fourth-order valence-corrected chi connectivity index (χ4v) is 3.48. The number of hydrogen-bond donors (Lipinski definition) is 1. The van der Waals surface area contributed by atoms with Gasteiger partial charge >= 0.3 is 5.97 Å². The van der Waals surface area contributed by atoms with E-state index in [1.54, 1.807) is 6.92 Å². The number of thiazole rings is 1. The molecule has 0 fully saturated rings. The Hall–Kier alpha value is -2.97. The molecule has 7 nitrogen and oxygen atoms in total. The maximum Gasteiger partial charge on any atom is 0.339 e. The molecule has 156 valence electrons. The van der Waals surface area contributed by atoms with E-state index in [-0.39, 0.29) is 10.7 Å². The fraction of sp³-hybridized carbons (Fsp3) is 0.238. The predicted octanol–water partition coefficient (Wildman–Crippen LogP) is 4.83. The van der Waals surface area contributed by atoms with E-state index in [9.17, 15) is 9.59 Å². The van der Waals surface area contributed by atoms with Gasteiger partial charge in [-0.15, -0.1) is 11.3 Å². The summed E-state index contributed by atoms with van der Waals surface area (Å²) in [5.74, 6) is -0.304. The number of aromatic nitrogens is 2. The Morgan fingerprint density at radius 1 is 1.20 bits per heavy atom. The zero-order chi connectivity index (χ0) is 21.5. The van der Waals surface area contributed by atoms with E-state index < -0.39 is 18.0 Å². The van der Waals surface area contributed by atoms with Gasteiger partial charge < -0.3 is 9.47 Å². The average Bonchev–Trinajstić information content (AvgIpc) is 3.21. The summed E-state index contributed by atoms with van der Waals surface area (Å²) in [7, 11) is 0. The molecule has 0 spiro atoms. The zero-order valence-electron chi connectivity index (χ0n) is 16.4. The second-order valence-corrected chi connectivity index (χ2v) is 7.40. The summed E-state index contributed by atoms with van der Waals surface area (Å²) in [6, 6.07) is 10.4. The van der Waals surface area contributed by atoms with Crippen molar-refractivity contribution in [1.29, 1.82) is 0 Å². The van der Waals surface area contributed by atoms with Gasteiger partial charge in [0.15, 0.2) is 11.2 Å². The van der Waals surface area contributed by atoms with Crippen molar-refractivity contribution in [3.63, 3.8) is 0 Å². The second kappa shape index (κ2) is 10.2. The van der Waals surface area contributed by atoms with Crippen LogP contribution in [0, 0.1) is 0 Å². The van der Waals surface area contributed by atoms with Crippen molar-refractivity contribution < 1.29 is 19.1 Å². The van der Waals surface area contributed by atoms with Crippen LogP contribution in [-0.4, -0.2) is 34.6 Å². The van der Waals surface area contributed by atoms with Gasteiger partial charge in [0.25, 0.3) is 5.91 Å². The molecule has 30 heavy (non-hydrogen) atoms. The van der Waals surface area contributed by atoms with Crippen LogP contribution >= 0.6 is 22.9 Å². The van der Waals surface area contributed by atoms with Crippen molar-refractivity contribution in [1.82, 2.24) is 9.97 Å². The third-order valence-corrected chi connectivity index (χ3v) is 5.03.